The van der Waals surface area contributed by atoms with Gasteiger partial charge in [-0.25, -0.2) is 4.39 Å². The van der Waals surface area contributed by atoms with Crippen molar-refractivity contribution in [3.63, 3.8) is 0 Å². The van der Waals surface area contributed by atoms with Crippen LogP contribution in [-0.4, -0.2) is 18.3 Å². The van der Waals surface area contributed by atoms with E-state index in [0.717, 1.165) is 5.56 Å². The van der Waals surface area contributed by atoms with Gasteiger partial charge >= 0.3 is 0 Å². The number of ether oxygens (including phenoxy) is 1. The van der Waals surface area contributed by atoms with Crippen LogP contribution in [0.1, 0.15) is 25.3 Å². The quantitative estimate of drug-likeness (QED) is 0.804. The molecule has 0 spiro atoms. The Balaban J connectivity index is 2.88. The Morgan fingerprint density at radius 3 is 2.71 bits per heavy atom. The number of hydrogen-bond donors (Lipinski definition) is 1. The van der Waals surface area contributed by atoms with Crippen LogP contribution in [-0.2, 0) is 0 Å². The Morgan fingerprint density at radius 2 is 2.21 bits per heavy atom. The molecular weight excluding hydrogens is 183 g/mol. The van der Waals surface area contributed by atoms with Crippen molar-refractivity contribution in [3.05, 3.63) is 29.6 Å². The first-order valence-electron chi connectivity index (χ1n) is 4.72. The molecule has 78 valence electrons. The minimum Gasteiger partial charge on any atom is -0.491 e. The molecule has 0 aliphatic carbocycles. The van der Waals surface area contributed by atoms with E-state index in [2.05, 4.69) is 0 Å². The lowest BCUT2D eigenvalue weighted by atomic mass is 10.0. The highest BCUT2D eigenvalue weighted by molar-refractivity contribution is 5.31. The van der Waals surface area contributed by atoms with Crippen LogP contribution in [0.25, 0.3) is 0 Å². The zero-order valence-corrected chi connectivity index (χ0v) is 8.46. The molecule has 14 heavy (non-hydrogen) atoms. The maximum atomic E-state index is 13.3. The van der Waals surface area contributed by atoms with E-state index in [1.54, 1.807) is 12.1 Å². The van der Waals surface area contributed by atoms with E-state index in [9.17, 15) is 4.39 Å². The molecule has 0 amide bonds. The summed E-state index contributed by atoms with van der Waals surface area (Å²) in [5, 5.41) is 8.90. The van der Waals surface area contributed by atoms with Gasteiger partial charge in [0.15, 0.2) is 11.6 Å². The number of halogens is 1. The highest BCUT2D eigenvalue weighted by Gasteiger charge is 2.08. The molecule has 3 heteroatoms. The van der Waals surface area contributed by atoms with E-state index in [1.165, 1.54) is 6.07 Å². The molecule has 0 fully saturated rings. The molecule has 1 aromatic rings. The summed E-state index contributed by atoms with van der Waals surface area (Å²) in [7, 11) is 0. The van der Waals surface area contributed by atoms with Gasteiger partial charge in [-0.3, -0.25) is 0 Å². The predicted octanol–water partition coefficient (Wildman–Crippen LogP) is 2.32. The molecule has 0 aromatic heterocycles. The topological polar surface area (TPSA) is 29.5 Å². The molecule has 0 radical (unpaired) electrons. The van der Waals surface area contributed by atoms with Gasteiger partial charge in [0.25, 0.3) is 0 Å². The zero-order valence-electron chi connectivity index (χ0n) is 8.46. The van der Waals surface area contributed by atoms with Crippen LogP contribution in [0.5, 0.6) is 5.75 Å². The Morgan fingerprint density at radius 1 is 1.50 bits per heavy atom. The maximum Gasteiger partial charge on any atom is 0.165 e. The Hall–Kier alpha value is -1.09. The van der Waals surface area contributed by atoms with E-state index in [4.69, 9.17) is 9.84 Å². The fourth-order valence-corrected chi connectivity index (χ4v) is 1.20. The Bertz CT molecular complexity index is 299. The minimum absolute atomic E-state index is 0.0213. The molecular formula is C11H15FO2. The average Bonchev–Trinajstić information content (AvgIpc) is 2.20. The second kappa shape index (κ2) is 4.96. The van der Waals surface area contributed by atoms with E-state index in [0.29, 0.717) is 6.61 Å². The van der Waals surface area contributed by atoms with Gasteiger partial charge in [-0.05, 0) is 24.6 Å². The summed E-state index contributed by atoms with van der Waals surface area (Å²) in [5.74, 6) is -0.147. The largest absolute Gasteiger partial charge is 0.491 e. The minimum atomic E-state index is -0.371. The van der Waals surface area contributed by atoms with Gasteiger partial charge in [-0.15, -0.1) is 0 Å². The third kappa shape index (κ3) is 2.45. The lowest BCUT2D eigenvalue weighted by Crippen LogP contribution is -2.01. The van der Waals surface area contributed by atoms with Gasteiger partial charge in [0.05, 0.1) is 6.61 Å². The van der Waals surface area contributed by atoms with Crippen molar-refractivity contribution in [3.8, 4) is 5.75 Å². The highest BCUT2D eigenvalue weighted by atomic mass is 19.1. The first-order chi connectivity index (χ1) is 6.69. The van der Waals surface area contributed by atoms with Crippen molar-refractivity contribution in [1.29, 1.82) is 0 Å². The van der Waals surface area contributed by atoms with Crippen LogP contribution >= 0.6 is 0 Å². The standard InChI is InChI=1S/C11H15FO2/c1-3-14-11-5-4-9(6-10(11)12)8(2)7-13/h4-6,8,13H,3,7H2,1-2H3. The molecule has 1 aromatic carbocycles. The van der Waals surface area contributed by atoms with E-state index in [1.807, 2.05) is 13.8 Å². The van der Waals surface area contributed by atoms with Gasteiger partial charge in [0.2, 0.25) is 0 Å². The molecule has 1 unspecified atom stereocenters. The number of benzene rings is 1. The average molecular weight is 198 g/mol. The van der Waals surface area contributed by atoms with E-state index >= 15 is 0 Å². The Labute approximate surface area is 83.3 Å². The van der Waals surface area contributed by atoms with Gasteiger partial charge in [0, 0.05) is 12.5 Å². The highest BCUT2D eigenvalue weighted by Crippen LogP contribution is 2.22. The molecule has 0 saturated heterocycles. The molecule has 0 saturated carbocycles. The van der Waals surface area contributed by atoms with Crippen LogP contribution in [0.15, 0.2) is 18.2 Å². The van der Waals surface area contributed by atoms with Gasteiger partial charge in [-0.1, -0.05) is 13.0 Å². The van der Waals surface area contributed by atoms with Gasteiger partial charge in [-0.2, -0.15) is 0 Å². The smallest absolute Gasteiger partial charge is 0.165 e. The molecule has 0 bridgehead atoms. The molecule has 0 aliphatic heterocycles. The molecule has 1 rings (SSSR count). The first-order valence-corrected chi connectivity index (χ1v) is 4.72. The summed E-state index contributed by atoms with van der Waals surface area (Å²) in [6, 6.07) is 4.78. The second-order valence-electron chi connectivity index (χ2n) is 3.21. The summed E-state index contributed by atoms with van der Waals surface area (Å²) in [6.07, 6.45) is 0. The maximum absolute atomic E-state index is 13.3. The lowest BCUT2D eigenvalue weighted by molar-refractivity contribution is 0.272. The van der Waals surface area contributed by atoms with Crippen LogP contribution < -0.4 is 4.74 Å². The van der Waals surface area contributed by atoms with Crippen molar-refractivity contribution in [2.24, 2.45) is 0 Å². The normalized spacial score (nSPS) is 12.6. The molecule has 2 nitrogen and oxygen atoms in total. The van der Waals surface area contributed by atoms with Crippen LogP contribution in [0.3, 0.4) is 0 Å². The SMILES string of the molecule is CCOc1ccc(C(C)CO)cc1F. The molecule has 0 heterocycles. The lowest BCUT2D eigenvalue weighted by Gasteiger charge is -2.10. The predicted molar refractivity (Wildman–Crippen MR) is 53.1 cm³/mol. The summed E-state index contributed by atoms with van der Waals surface area (Å²) in [6.45, 7) is 4.12. The number of aliphatic hydroxyl groups is 1. The monoisotopic (exact) mass is 198 g/mol. The van der Waals surface area contributed by atoms with Crippen molar-refractivity contribution >= 4 is 0 Å². The number of aliphatic hydroxyl groups excluding tert-OH is 1. The summed E-state index contributed by atoms with van der Waals surface area (Å²) >= 11 is 0. The third-order valence-corrected chi connectivity index (χ3v) is 2.10. The van der Waals surface area contributed by atoms with Crippen molar-refractivity contribution < 1.29 is 14.2 Å². The molecule has 1 atom stereocenters. The van der Waals surface area contributed by atoms with E-state index in [-0.39, 0.29) is 24.1 Å². The first kappa shape index (κ1) is 11.0. The van der Waals surface area contributed by atoms with E-state index < -0.39 is 0 Å². The fourth-order valence-electron chi connectivity index (χ4n) is 1.20. The molecule has 1 N–H and O–H groups in total. The van der Waals surface area contributed by atoms with Crippen molar-refractivity contribution in [2.45, 2.75) is 19.8 Å². The van der Waals surface area contributed by atoms with Crippen molar-refractivity contribution in [1.82, 2.24) is 0 Å². The van der Waals surface area contributed by atoms with Gasteiger partial charge in [0.1, 0.15) is 0 Å². The number of hydrogen-bond acceptors (Lipinski definition) is 2. The summed E-state index contributed by atoms with van der Waals surface area (Å²) in [4.78, 5) is 0. The fraction of sp³-hybridized carbons (Fsp3) is 0.455. The third-order valence-electron chi connectivity index (χ3n) is 2.10. The van der Waals surface area contributed by atoms with Gasteiger partial charge < -0.3 is 9.84 Å². The van der Waals surface area contributed by atoms with Crippen LogP contribution in [0.4, 0.5) is 4.39 Å². The van der Waals surface area contributed by atoms with Crippen LogP contribution in [0.2, 0.25) is 0 Å². The summed E-state index contributed by atoms with van der Waals surface area (Å²) < 4.78 is 18.4. The number of rotatable bonds is 4. The second-order valence-corrected chi connectivity index (χ2v) is 3.21. The Kier molecular flexibility index (Phi) is 3.89. The van der Waals surface area contributed by atoms with Crippen LogP contribution in [0, 0.1) is 5.82 Å². The zero-order chi connectivity index (χ0) is 10.6. The van der Waals surface area contributed by atoms with Crippen molar-refractivity contribution in [2.75, 3.05) is 13.2 Å². The molecule has 0 aliphatic rings. The summed E-state index contributed by atoms with van der Waals surface area (Å²) in [5.41, 5.74) is 0.786.